The van der Waals surface area contributed by atoms with Crippen molar-refractivity contribution in [2.45, 2.75) is 38.9 Å². The van der Waals surface area contributed by atoms with Crippen molar-refractivity contribution in [3.63, 3.8) is 0 Å². The molecule has 0 aliphatic heterocycles. The van der Waals surface area contributed by atoms with E-state index in [1.54, 1.807) is 0 Å². The highest BCUT2D eigenvalue weighted by Gasteiger charge is 2.28. The lowest BCUT2D eigenvalue weighted by molar-refractivity contribution is -0.134. The maximum absolute atomic E-state index is 11.9. The summed E-state index contributed by atoms with van der Waals surface area (Å²) in [5, 5.41) is 3.56. The molecular formula is C9H14F3N3O. The SMILES string of the molecule is CC(C)C(N)c1noc(CCC(F)(F)F)n1. The highest BCUT2D eigenvalue weighted by molar-refractivity contribution is 4.94. The minimum Gasteiger partial charge on any atom is -0.339 e. The number of nitrogens with zero attached hydrogens (tertiary/aromatic N) is 2. The summed E-state index contributed by atoms with van der Waals surface area (Å²) in [7, 11) is 0. The van der Waals surface area contributed by atoms with Crippen LogP contribution in [0.1, 0.15) is 38.0 Å². The zero-order valence-corrected chi connectivity index (χ0v) is 9.08. The highest BCUT2D eigenvalue weighted by Crippen LogP contribution is 2.22. The van der Waals surface area contributed by atoms with E-state index in [9.17, 15) is 13.2 Å². The average molecular weight is 237 g/mol. The molecule has 1 heterocycles. The van der Waals surface area contributed by atoms with Crippen LogP contribution in [0, 0.1) is 5.92 Å². The van der Waals surface area contributed by atoms with E-state index in [0.717, 1.165) is 0 Å². The van der Waals surface area contributed by atoms with E-state index in [1.165, 1.54) is 0 Å². The molecule has 0 aliphatic rings. The summed E-state index contributed by atoms with van der Waals surface area (Å²) >= 11 is 0. The molecule has 7 heteroatoms. The van der Waals surface area contributed by atoms with Crippen LogP contribution in [0.15, 0.2) is 4.52 Å². The van der Waals surface area contributed by atoms with E-state index in [4.69, 9.17) is 10.3 Å². The van der Waals surface area contributed by atoms with Crippen LogP contribution >= 0.6 is 0 Å². The van der Waals surface area contributed by atoms with Crippen molar-refractivity contribution in [2.24, 2.45) is 11.7 Å². The van der Waals surface area contributed by atoms with Gasteiger partial charge in [-0.3, -0.25) is 0 Å². The lowest BCUT2D eigenvalue weighted by Gasteiger charge is -2.09. The molecule has 0 amide bonds. The summed E-state index contributed by atoms with van der Waals surface area (Å²) < 4.78 is 40.5. The third-order valence-electron chi connectivity index (χ3n) is 2.12. The van der Waals surface area contributed by atoms with E-state index < -0.39 is 18.6 Å². The first kappa shape index (κ1) is 13.0. The minimum absolute atomic E-state index is 0.0246. The summed E-state index contributed by atoms with van der Waals surface area (Å²) in [5.41, 5.74) is 5.73. The fraction of sp³-hybridized carbons (Fsp3) is 0.778. The lowest BCUT2D eigenvalue weighted by atomic mass is 10.1. The predicted octanol–water partition coefficient (Wildman–Crippen LogP) is 2.22. The van der Waals surface area contributed by atoms with Crippen LogP contribution in [0.4, 0.5) is 13.2 Å². The number of aryl methyl sites for hydroxylation is 1. The van der Waals surface area contributed by atoms with Gasteiger partial charge in [0.2, 0.25) is 5.89 Å². The van der Waals surface area contributed by atoms with Crippen LogP contribution in [0.2, 0.25) is 0 Å². The smallest absolute Gasteiger partial charge is 0.339 e. The molecule has 1 rings (SSSR count). The first-order chi connectivity index (χ1) is 7.29. The lowest BCUT2D eigenvalue weighted by Crippen LogP contribution is -2.18. The first-order valence-corrected chi connectivity index (χ1v) is 4.94. The Kier molecular flexibility index (Phi) is 3.90. The molecule has 1 unspecified atom stereocenters. The van der Waals surface area contributed by atoms with E-state index in [0.29, 0.717) is 0 Å². The van der Waals surface area contributed by atoms with Crippen molar-refractivity contribution in [3.05, 3.63) is 11.7 Å². The summed E-state index contributed by atoms with van der Waals surface area (Å²) in [6.45, 7) is 3.74. The molecular weight excluding hydrogens is 223 g/mol. The normalized spacial score (nSPS) is 14.4. The highest BCUT2D eigenvalue weighted by atomic mass is 19.4. The van der Waals surface area contributed by atoms with E-state index in [2.05, 4.69) is 10.1 Å². The number of hydrogen-bond donors (Lipinski definition) is 1. The third kappa shape index (κ3) is 3.80. The standard InChI is InChI=1S/C9H14F3N3O/c1-5(2)7(13)8-14-6(16-15-8)3-4-9(10,11)12/h5,7H,3-4,13H2,1-2H3. The Labute approximate surface area is 91.0 Å². The van der Waals surface area contributed by atoms with Gasteiger partial charge in [-0.05, 0) is 5.92 Å². The molecule has 16 heavy (non-hydrogen) atoms. The van der Waals surface area contributed by atoms with Gasteiger partial charge in [-0.15, -0.1) is 0 Å². The summed E-state index contributed by atoms with van der Waals surface area (Å²) in [4.78, 5) is 3.83. The van der Waals surface area contributed by atoms with Crippen molar-refractivity contribution in [3.8, 4) is 0 Å². The van der Waals surface area contributed by atoms with Gasteiger partial charge in [-0.25, -0.2) is 0 Å². The van der Waals surface area contributed by atoms with Crippen LogP contribution in [-0.2, 0) is 6.42 Å². The molecule has 0 fully saturated rings. The van der Waals surface area contributed by atoms with Gasteiger partial charge in [0, 0.05) is 6.42 Å². The Morgan fingerprint density at radius 2 is 2.00 bits per heavy atom. The van der Waals surface area contributed by atoms with Crippen molar-refractivity contribution in [2.75, 3.05) is 0 Å². The van der Waals surface area contributed by atoms with Gasteiger partial charge in [0.05, 0.1) is 12.5 Å². The van der Waals surface area contributed by atoms with Gasteiger partial charge >= 0.3 is 6.18 Å². The van der Waals surface area contributed by atoms with Gasteiger partial charge in [0.25, 0.3) is 0 Å². The monoisotopic (exact) mass is 237 g/mol. The van der Waals surface area contributed by atoms with Crippen molar-refractivity contribution < 1.29 is 17.7 Å². The molecule has 0 aromatic carbocycles. The van der Waals surface area contributed by atoms with Crippen LogP contribution in [0.25, 0.3) is 0 Å². The number of nitrogens with two attached hydrogens (primary N) is 1. The second kappa shape index (κ2) is 4.82. The molecule has 92 valence electrons. The molecule has 1 aromatic rings. The fourth-order valence-corrected chi connectivity index (χ4v) is 1.05. The maximum atomic E-state index is 11.9. The molecule has 0 saturated heterocycles. The number of hydrogen-bond acceptors (Lipinski definition) is 4. The van der Waals surface area contributed by atoms with Crippen LogP contribution in [0.5, 0.6) is 0 Å². The van der Waals surface area contributed by atoms with E-state index in [-0.39, 0.29) is 24.1 Å². The van der Waals surface area contributed by atoms with Gasteiger partial charge in [0.1, 0.15) is 0 Å². The van der Waals surface area contributed by atoms with Crippen LogP contribution in [-0.4, -0.2) is 16.3 Å². The fourth-order valence-electron chi connectivity index (χ4n) is 1.05. The first-order valence-electron chi connectivity index (χ1n) is 4.94. The Morgan fingerprint density at radius 1 is 1.38 bits per heavy atom. The van der Waals surface area contributed by atoms with Gasteiger partial charge in [-0.2, -0.15) is 18.2 Å². The summed E-state index contributed by atoms with van der Waals surface area (Å²) in [6.07, 6.45) is -5.48. The number of halogens is 3. The van der Waals surface area contributed by atoms with E-state index >= 15 is 0 Å². The quantitative estimate of drug-likeness (QED) is 0.872. The molecule has 1 atom stereocenters. The Bertz CT molecular complexity index is 335. The summed E-state index contributed by atoms with van der Waals surface area (Å²) in [5.74, 6) is 0.337. The molecule has 1 aromatic heterocycles. The van der Waals surface area contributed by atoms with Crippen LogP contribution in [0.3, 0.4) is 0 Å². The Balaban J connectivity index is 2.58. The van der Waals surface area contributed by atoms with Crippen LogP contribution < -0.4 is 5.73 Å². The largest absolute Gasteiger partial charge is 0.389 e. The maximum Gasteiger partial charge on any atom is 0.389 e. The second-order valence-electron chi connectivity index (χ2n) is 3.93. The average Bonchev–Trinajstić information content (AvgIpc) is 2.60. The van der Waals surface area contributed by atoms with Crippen molar-refractivity contribution in [1.82, 2.24) is 10.1 Å². The molecule has 4 nitrogen and oxygen atoms in total. The number of rotatable bonds is 4. The molecule has 0 bridgehead atoms. The minimum atomic E-state index is -4.21. The zero-order chi connectivity index (χ0) is 12.3. The number of aromatic nitrogens is 2. The Hall–Kier alpha value is -1.11. The van der Waals surface area contributed by atoms with Crippen molar-refractivity contribution in [1.29, 1.82) is 0 Å². The van der Waals surface area contributed by atoms with Crippen molar-refractivity contribution >= 4 is 0 Å². The molecule has 2 N–H and O–H groups in total. The number of alkyl halides is 3. The predicted molar refractivity (Wildman–Crippen MR) is 50.4 cm³/mol. The van der Waals surface area contributed by atoms with Gasteiger partial charge in [-0.1, -0.05) is 19.0 Å². The second-order valence-corrected chi connectivity index (χ2v) is 3.93. The topological polar surface area (TPSA) is 64.9 Å². The van der Waals surface area contributed by atoms with Gasteiger partial charge in [0.15, 0.2) is 5.82 Å². The molecule has 0 radical (unpaired) electrons. The third-order valence-corrected chi connectivity index (χ3v) is 2.12. The molecule has 0 saturated carbocycles. The molecule has 0 aliphatic carbocycles. The zero-order valence-electron chi connectivity index (χ0n) is 9.08. The summed E-state index contributed by atoms with van der Waals surface area (Å²) in [6, 6.07) is -0.414. The van der Waals surface area contributed by atoms with Gasteiger partial charge < -0.3 is 10.3 Å². The molecule has 0 spiro atoms. The van der Waals surface area contributed by atoms with E-state index in [1.807, 2.05) is 13.8 Å². The Morgan fingerprint density at radius 3 is 2.50 bits per heavy atom.